The van der Waals surface area contributed by atoms with E-state index in [1.807, 2.05) is 24.3 Å². The summed E-state index contributed by atoms with van der Waals surface area (Å²) in [6.45, 7) is 3.50. The Morgan fingerprint density at radius 2 is 1.63 bits per heavy atom. The van der Waals surface area contributed by atoms with Crippen molar-refractivity contribution >= 4 is 29.0 Å². The van der Waals surface area contributed by atoms with E-state index in [0.29, 0.717) is 38.8 Å². The number of carbonyl (C=O) groups excluding carboxylic acids is 2. The number of esters is 2. The predicted octanol–water partition coefficient (Wildman–Crippen LogP) is 4.97. The summed E-state index contributed by atoms with van der Waals surface area (Å²) in [6, 6.07) is 12.0. The maximum Gasteiger partial charge on any atom is 0.336 e. The zero-order chi connectivity index (χ0) is 27.6. The van der Waals surface area contributed by atoms with Gasteiger partial charge in [-0.05, 0) is 31.5 Å². The number of thiazole rings is 1. The van der Waals surface area contributed by atoms with Crippen molar-refractivity contribution in [1.82, 2.24) is 10.3 Å². The van der Waals surface area contributed by atoms with Gasteiger partial charge in [0.15, 0.2) is 5.75 Å². The molecule has 0 radical (unpaired) electrons. The minimum Gasteiger partial charge on any atom is -0.490 e. The number of ether oxygens (including phenoxy) is 3. The van der Waals surface area contributed by atoms with Crippen molar-refractivity contribution in [3.63, 3.8) is 0 Å². The first-order chi connectivity index (χ1) is 18.2. The van der Waals surface area contributed by atoms with Gasteiger partial charge in [0.1, 0.15) is 5.01 Å². The highest BCUT2D eigenvalue weighted by Gasteiger charge is 2.39. The molecule has 2 aromatic carbocycles. The molecule has 1 aliphatic rings. The maximum atomic E-state index is 12.9. The van der Waals surface area contributed by atoms with Gasteiger partial charge in [0.05, 0.1) is 49.0 Å². The van der Waals surface area contributed by atoms with Gasteiger partial charge in [0, 0.05) is 34.0 Å². The maximum absolute atomic E-state index is 12.9. The average molecular weight is 536 g/mol. The summed E-state index contributed by atoms with van der Waals surface area (Å²) < 4.78 is 15.3. The van der Waals surface area contributed by atoms with Crippen molar-refractivity contribution in [3.05, 3.63) is 86.1 Å². The number of methoxy groups -OCH3 is 3. The van der Waals surface area contributed by atoms with Crippen LogP contribution in [0.4, 0.5) is 5.69 Å². The summed E-state index contributed by atoms with van der Waals surface area (Å²) in [4.78, 5) is 41.6. The van der Waals surface area contributed by atoms with Crippen molar-refractivity contribution in [2.75, 3.05) is 21.3 Å². The number of carbonyl (C=O) groups is 2. The third-order valence-corrected chi connectivity index (χ3v) is 7.12. The zero-order valence-electron chi connectivity index (χ0n) is 21.4. The standard InChI is InChI=1S/C27H25N3O7S/c1-14-22(26(31)36-4)24(23(15(2)28-14)27(32)37-5)17-8-6-7-9-18(17)25-29-19(13-38-25)16-10-11-21(35-3)20(12-16)30(33)34/h6-13,24,28H,1-5H3. The Bertz CT molecular complexity index is 1470. The van der Waals surface area contributed by atoms with Gasteiger partial charge in [-0.1, -0.05) is 24.3 Å². The monoisotopic (exact) mass is 535 g/mol. The van der Waals surface area contributed by atoms with Crippen LogP contribution in [0.15, 0.2) is 70.4 Å². The van der Waals surface area contributed by atoms with Crippen molar-refractivity contribution in [1.29, 1.82) is 0 Å². The van der Waals surface area contributed by atoms with Crippen LogP contribution in [0, 0.1) is 10.1 Å². The predicted molar refractivity (Wildman–Crippen MR) is 142 cm³/mol. The van der Waals surface area contributed by atoms with E-state index >= 15 is 0 Å². The van der Waals surface area contributed by atoms with Crippen LogP contribution in [0.3, 0.4) is 0 Å². The molecular formula is C27H25N3O7S. The highest BCUT2D eigenvalue weighted by atomic mass is 32.1. The molecule has 0 fully saturated rings. The Morgan fingerprint density at radius 3 is 2.21 bits per heavy atom. The number of aromatic nitrogens is 1. The summed E-state index contributed by atoms with van der Waals surface area (Å²) >= 11 is 1.34. The molecule has 0 saturated heterocycles. The number of allylic oxidation sites excluding steroid dienone is 2. The van der Waals surface area contributed by atoms with Gasteiger partial charge in [0.25, 0.3) is 0 Å². The first kappa shape index (κ1) is 26.6. The molecule has 38 heavy (non-hydrogen) atoms. The van der Waals surface area contributed by atoms with E-state index in [1.54, 1.807) is 25.3 Å². The topological polar surface area (TPSA) is 130 Å². The van der Waals surface area contributed by atoms with Gasteiger partial charge in [0.2, 0.25) is 0 Å². The average Bonchev–Trinajstić information content (AvgIpc) is 3.41. The second-order valence-electron chi connectivity index (χ2n) is 8.39. The lowest BCUT2D eigenvalue weighted by atomic mass is 9.78. The van der Waals surface area contributed by atoms with E-state index in [1.165, 1.54) is 44.8 Å². The lowest BCUT2D eigenvalue weighted by Crippen LogP contribution is -2.32. The number of nitro benzene ring substituents is 1. The van der Waals surface area contributed by atoms with E-state index in [0.717, 1.165) is 0 Å². The molecule has 0 unspecified atom stereocenters. The first-order valence-electron chi connectivity index (χ1n) is 11.4. The van der Waals surface area contributed by atoms with Crippen LogP contribution >= 0.6 is 11.3 Å². The third-order valence-electron chi connectivity index (χ3n) is 6.25. The Labute approximate surface area is 222 Å². The van der Waals surface area contributed by atoms with Crippen molar-refractivity contribution < 1.29 is 28.7 Å². The number of benzene rings is 2. The smallest absolute Gasteiger partial charge is 0.336 e. The van der Waals surface area contributed by atoms with E-state index in [-0.39, 0.29) is 22.6 Å². The molecule has 11 heteroatoms. The van der Waals surface area contributed by atoms with Crippen LogP contribution in [0.1, 0.15) is 25.3 Å². The van der Waals surface area contributed by atoms with Crippen LogP contribution < -0.4 is 10.1 Å². The number of hydrogen-bond donors (Lipinski definition) is 1. The molecule has 3 aromatic rings. The fraction of sp³-hybridized carbons (Fsp3) is 0.222. The molecule has 1 aliphatic heterocycles. The lowest BCUT2D eigenvalue weighted by Gasteiger charge is -2.31. The minimum absolute atomic E-state index is 0.153. The van der Waals surface area contributed by atoms with Crippen molar-refractivity contribution in [3.8, 4) is 27.6 Å². The van der Waals surface area contributed by atoms with Crippen LogP contribution in [0.25, 0.3) is 21.8 Å². The molecule has 1 aromatic heterocycles. The molecule has 4 rings (SSSR count). The molecule has 196 valence electrons. The van der Waals surface area contributed by atoms with Gasteiger partial charge < -0.3 is 19.5 Å². The van der Waals surface area contributed by atoms with Crippen molar-refractivity contribution in [2.24, 2.45) is 0 Å². The van der Waals surface area contributed by atoms with Crippen LogP contribution in [-0.4, -0.2) is 43.2 Å². The number of dihydropyridines is 1. The summed E-state index contributed by atoms with van der Waals surface area (Å²) in [6.07, 6.45) is 0. The molecule has 0 bridgehead atoms. The third kappa shape index (κ3) is 4.75. The minimum atomic E-state index is -0.776. The summed E-state index contributed by atoms with van der Waals surface area (Å²) in [5, 5.41) is 17.0. The molecule has 0 atom stereocenters. The highest BCUT2D eigenvalue weighted by Crippen LogP contribution is 2.44. The normalized spacial score (nSPS) is 13.7. The van der Waals surface area contributed by atoms with Gasteiger partial charge in [-0.15, -0.1) is 11.3 Å². The molecule has 0 aliphatic carbocycles. The van der Waals surface area contributed by atoms with E-state index in [4.69, 9.17) is 19.2 Å². The quantitative estimate of drug-likeness (QED) is 0.253. The SMILES string of the molecule is COC(=O)C1=C(C)NC(C)=C(C(=O)OC)C1c1ccccc1-c1nc(-c2ccc(OC)c([N+](=O)[O-])c2)cs1. The zero-order valence-corrected chi connectivity index (χ0v) is 22.2. The Kier molecular flexibility index (Phi) is 7.58. The Balaban J connectivity index is 1.87. The molecule has 1 N–H and O–H groups in total. The van der Waals surface area contributed by atoms with E-state index < -0.39 is 22.8 Å². The van der Waals surface area contributed by atoms with Crippen LogP contribution in [-0.2, 0) is 19.1 Å². The number of nitrogens with one attached hydrogen (secondary N) is 1. The number of nitro groups is 1. The van der Waals surface area contributed by atoms with Gasteiger partial charge >= 0.3 is 17.6 Å². The number of nitrogens with zero attached hydrogens (tertiary/aromatic N) is 2. The molecule has 10 nitrogen and oxygen atoms in total. The lowest BCUT2D eigenvalue weighted by molar-refractivity contribution is -0.385. The van der Waals surface area contributed by atoms with Gasteiger partial charge in [-0.2, -0.15) is 0 Å². The highest BCUT2D eigenvalue weighted by molar-refractivity contribution is 7.13. The van der Waals surface area contributed by atoms with Crippen molar-refractivity contribution in [2.45, 2.75) is 19.8 Å². The number of rotatable bonds is 7. The summed E-state index contributed by atoms with van der Waals surface area (Å²) in [7, 11) is 3.95. The summed E-state index contributed by atoms with van der Waals surface area (Å²) in [5.74, 6) is -1.77. The molecular weight excluding hydrogens is 510 g/mol. The van der Waals surface area contributed by atoms with E-state index in [9.17, 15) is 19.7 Å². The fourth-order valence-electron chi connectivity index (χ4n) is 4.53. The second kappa shape index (κ2) is 10.9. The molecule has 0 spiro atoms. The van der Waals surface area contributed by atoms with Gasteiger partial charge in [-0.25, -0.2) is 14.6 Å². The second-order valence-corrected chi connectivity index (χ2v) is 9.25. The molecule has 0 saturated carbocycles. The van der Waals surface area contributed by atoms with Gasteiger partial charge in [-0.3, -0.25) is 10.1 Å². The Hall–Kier alpha value is -4.51. The molecule has 2 heterocycles. The van der Waals surface area contributed by atoms with Crippen LogP contribution in [0.2, 0.25) is 0 Å². The Morgan fingerprint density at radius 1 is 1.00 bits per heavy atom. The summed E-state index contributed by atoms with van der Waals surface area (Å²) in [5.41, 5.74) is 3.98. The number of hydrogen-bond acceptors (Lipinski definition) is 10. The van der Waals surface area contributed by atoms with E-state index in [2.05, 4.69) is 5.32 Å². The van der Waals surface area contributed by atoms with Crippen LogP contribution in [0.5, 0.6) is 5.75 Å². The largest absolute Gasteiger partial charge is 0.490 e. The fourth-order valence-corrected chi connectivity index (χ4v) is 5.41. The molecule has 0 amide bonds. The first-order valence-corrected chi connectivity index (χ1v) is 12.3.